The summed E-state index contributed by atoms with van der Waals surface area (Å²) in [6.07, 6.45) is 1.41. The van der Waals surface area contributed by atoms with Crippen molar-refractivity contribution in [3.05, 3.63) is 107 Å². The van der Waals surface area contributed by atoms with Crippen LogP contribution in [0, 0.1) is 23.1 Å². The lowest BCUT2D eigenvalue weighted by molar-refractivity contribution is -0.141. The number of carbonyl (C=O) groups excluding carboxylic acids is 1. The molecule has 40 heavy (non-hydrogen) atoms. The highest BCUT2D eigenvalue weighted by molar-refractivity contribution is 6.03. The van der Waals surface area contributed by atoms with E-state index in [2.05, 4.69) is 15.4 Å². The lowest BCUT2D eigenvalue weighted by Crippen LogP contribution is -2.28. The third-order valence-electron chi connectivity index (χ3n) is 6.89. The SMILES string of the molecule is N#Cc1cccc(-n2nc(C(F)(F)F)cc2C(=O)Nc2cc([C@](O)(CCC3CC3)c3cccnc3)ccc2F)c1. The molecule has 1 fully saturated rings. The Kier molecular flexibility index (Phi) is 7.12. The zero-order valence-corrected chi connectivity index (χ0v) is 21.0. The van der Waals surface area contributed by atoms with E-state index in [1.807, 2.05) is 6.07 Å². The van der Waals surface area contributed by atoms with E-state index in [-0.39, 0.29) is 16.9 Å². The normalized spacial score (nSPS) is 14.8. The topological polar surface area (TPSA) is 104 Å². The highest BCUT2D eigenvalue weighted by atomic mass is 19.4. The number of pyridine rings is 1. The Morgan fingerprint density at radius 3 is 2.58 bits per heavy atom. The van der Waals surface area contributed by atoms with E-state index in [0.29, 0.717) is 29.5 Å². The second-order valence-electron chi connectivity index (χ2n) is 9.72. The molecule has 7 nitrogen and oxygen atoms in total. The second kappa shape index (κ2) is 10.5. The van der Waals surface area contributed by atoms with Gasteiger partial charge >= 0.3 is 6.18 Å². The molecule has 2 aromatic heterocycles. The van der Waals surface area contributed by atoms with Crippen LogP contribution in [0.4, 0.5) is 23.2 Å². The summed E-state index contributed by atoms with van der Waals surface area (Å²) in [5.41, 5.74) is -2.75. The van der Waals surface area contributed by atoms with Crippen LogP contribution in [0.5, 0.6) is 0 Å². The minimum atomic E-state index is -4.86. The molecule has 204 valence electrons. The predicted octanol–water partition coefficient (Wildman–Crippen LogP) is 5.98. The minimum Gasteiger partial charge on any atom is -0.380 e. The van der Waals surface area contributed by atoms with Gasteiger partial charge in [-0.3, -0.25) is 9.78 Å². The molecule has 1 amide bonds. The molecular weight excluding hydrogens is 526 g/mol. The van der Waals surface area contributed by atoms with Gasteiger partial charge in [-0.2, -0.15) is 23.5 Å². The van der Waals surface area contributed by atoms with E-state index in [1.54, 1.807) is 18.3 Å². The van der Waals surface area contributed by atoms with Gasteiger partial charge in [-0.25, -0.2) is 9.07 Å². The van der Waals surface area contributed by atoms with E-state index < -0.39 is 34.9 Å². The van der Waals surface area contributed by atoms with Gasteiger partial charge in [-0.15, -0.1) is 0 Å². The van der Waals surface area contributed by atoms with Crippen molar-refractivity contribution >= 4 is 11.6 Å². The number of hydrogen-bond donors (Lipinski definition) is 2. The Bertz CT molecular complexity index is 1590. The molecule has 4 aromatic rings. The van der Waals surface area contributed by atoms with Crippen molar-refractivity contribution in [3.8, 4) is 11.8 Å². The van der Waals surface area contributed by atoms with Gasteiger partial charge in [-0.1, -0.05) is 31.0 Å². The van der Waals surface area contributed by atoms with Crippen LogP contribution in [0.2, 0.25) is 0 Å². The van der Waals surface area contributed by atoms with Gasteiger partial charge in [0.15, 0.2) is 5.69 Å². The standard InChI is InChI=1S/C29H23F4N5O2/c30-23-9-8-20(28(40,11-10-18-6-7-18)21-4-2-12-35-17-21)14-24(23)36-27(39)25-15-26(29(31,32)33)37-38(25)22-5-1-3-19(13-22)16-34/h1-5,8-9,12-15,17-18,40H,6-7,10-11H2,(H,36,39)/t28-/m1/s1. The molecule has 11 heteroatoms. The van der Waals surface area contributed by atoms with Crippen molar-refractivity contribution in [2.24, 2.45) is 5.92 Å². The number of carbonyl (C=O) groups is 1. The summed E-state index contributed by atoms with van der Waals surface area (Å²) in [6, 6.07) is 15.1. The van der Waals surface area contributed by atoms with Crippen molar-refractivity contribution in [1.82, 2.24) is 14.8 Å². The first-order chi connectivity index (χ1) is 19.1. The Morgan fingerprint density at radius 2 is 1.90 bits per heavy atom. The highest BCUT2D eigenvalue weighted by Crippen LogP contribution is 2.41. The second-order valence-corrected chi connectivity index (χ2v) is 9.72. The monoisotopic (exact) mass is 549 g/mol. The van der Waals surface area contributed by atoms with Crippen LogP contribution >= 0.6 is 0 Å². The summed E-state index contributed by atoms with van der Waals surface area (Å²) in [7, 11) is 0. The van der Waals surface area contributed by atoms with Crippen LogP contribution in [0.1, 0.15) is 58.6 Å². The van der Waals surface area contributed by atoms with Crippen molar-refractivity contribution in [1.29, 1.82) is 5.26 Å². The Hall–Kier alpha value is -4.56. The number of hydrogen-bond acceptors (Lipinski definition) is 5. The number of rotatable bonds is 8. The number of nitriles is 1. The third-order valence-corrected chi connectivity index (χ3v) is 6.89. The molecule has 2 N–H and O–H groups in total. The number of nitrogens with zero attached hydrogens (tertiary/aromatic N) is 4. The smallest absolute Gasteiger partial charge is 0.380 e. The van der Waals surface area contributed by atoms with Crippen LogP contribution in [0.15, 0.2) is 73.1 Å². The number of aliphatic hydroxyl groups is 1. The lowest BCUT2D eigenvalue weighted by Gasteiger charge is -2.30. The maximum Gasteiger partial charge on any atom is 0.435 e. The van der Waals surface area contributed by atoms with Crippen molar-refractivity contribution in [2.75, 3.05) is 5.32 Å². The van der Waals surface area contributed by atoms with Crippen LogP contribution in [0.3, 0.4) is 0 Å². The van der Waals surface area contributed by atoms with Crippen molar-refractivity contribution in [2.45, 2.75) is 37.5 Å². The van der Waals surface area contributed by atoms with Gasteiger partial charge in [0.1, 0.15) is 17.1 Å². The predicted molar refractivity (Wildman–Crippen MR) is 137 cm³/mol. The molecule has 1 saturated carbocycles. The summed E-state index contributed by atoms with van der Waals surface area (Å²) >= 11 is 0. The molecule has 1 aliphatic rings. The fraction of sp³-hybridized carbons (Fsp3) is 0.241. The number of amides is 1. The largest absolute Gasteiger partial charge is 0.435 e. The molecule has 0 saturated heterocycles. The zero-order chi connectivity index (χ0) is 28.5. The maximum atomic E-state index is 14.9. The molecule has 2 aromatic carbocycles. The molecule has 1 atom stereocenters. The van der Waals surface area contributed by atoms with Gasteiger partial charge < -0.3 is 10.4 Å². The number of benzene rings is 2. The van der Waals surface area contributed by atoms with Gasteiger partial charge in [0.05, 0.1) is 23.0 Å². The number of anilines is 1. The number of aromatic nitrogens is 3. The fourth-order valence-electron chi connectivity index (χ4n) is 4.53. The van der Waals surface area contributed by atoms with Gasteiger partial charge in [0.25, 0.3) is 5.91 Å². The first kappa shape index (κ1) is 27.0. The Morgan fingerprint density at radius 1 is 1.10 bits per heavy atom. The molecule has 0 unspecified atom stereocenters. The average Bonchev–Trinajstić information content (AvgIpc) is 3.67. The zero-order valence-electron chi connectivity index (χ0n) is 21.0. The van der Waals surface area contributed by atoms with E-state index >= 15 is 0 Å². The molecule has 0 radical (unpaired) electrons. The lowest BCUT2D eigenvalue weighted by atomic mass is 9.82. The van der Waals surface area contributed by atoms with Crippen LogP contribution in [-0.4, -0.2) is 25.8 Å². The van der Waals surface area contributed by atoms with Gasteiger partial charge in [-0.05, 0) is 60.7 Å². The Balaban J connectivity index is 1.52. The van der Waals surface area contributed by atoms with Crippen molar-refractivity contribution in [3.63, 3.8) is 0 Å². The summed E-state index contributed by atoms with van der Waals surface area (Å²) in [4.78, 5) is 17.4. The summed E-state index contributed by atoms with van der Waals surface area (Å²) in [5.74, 6) is -1.42. The van der Waals surface area contributed by atoms with Crippen LogP contribution in [-0.2, 0) is 11.8 Å². The molecule has 5 rings (SSSR count). The van der Waals surface area contributed by atoms with Crippen LogP contribution in [0.25, 0.3) is 5.69 Å². The summed E-state index contributed by atoms with van der Waals surface area (Å²) in [6.45, 7) is 0. The molecule has 2 heterocycles. The summed E-state index contributed by atoms with van der Waals surface area (Å²) in [5, 5.41) is 26.9. The van der Waals surface area contributed by atoms with E-state index in [0.717, 1.165) is 30.0 Å². The molecule has 0 bridgehead atoms. The average molecular weight is 550 g/mol. The molecular formula is C29H23F4N5O2. The number of nitrogens with one attached hydrogen (secondary N) is 1. The molecule has 0 aliphatic heterocycles. The highest BCUT2D eigenvalue weighted by Gasteiger charge is 2.37. The maximum absolute atomic E-state index is 14.9. The van der Waals surface area contributed by atoms with E-state index in [4.69, 9.17) is 0 Å². The quantitative estimate of drug-likeness (QED) is 0.264. The molecule has 1 aliphatic carbocycles. The van der Waals surface area contributed by atoms with Gasteiger partial charge in [0.2, 0.25) is 0 Å². The summed E-state index contributed by atoms with van der Waals surface area (Å²) < 4.78 is 56.3. The third kappa shape index (κ3) is 5.58. The first-order valence-electron chi connectivity index (χ1n) is 12.5. The van der Waals surface area contributed by atoms with E-state index in [9.17, 15) is 32.7 Å². The first-order valence-corrected chi connectivity index (χ1v) is 12.5. The minimum absolute atomic E-state index is 0.0416. The van der Waals surface area contributed by atoms with Crippen molar-refractivity contribution < 1.29 is 27.5 Å². The number of alkyl halides is 3. The van der Waals surface area contributed by atoms with Gasteiger partial charge in [0, 0.05) is 24.0 Å². The number of halogens is 4. The van der Waals surface area contributed by atoms with Crippen LogP contribution < -0.4 is 5.32 Å². The fourth-order valence-corrected chi connectivity index (χ4v) is 4.53. The molecule has 0 spiro atoms. The Labute approximate surface area is 226 Å². The van der Waals surface area contributed by atoms with E-state index in [1.165, 1.54) is 42.6 Å².